The molecule has 6 heteroatoms. The molecule has 5 nitrogen and oxygen atoms in total. The Morgan fingerprint density at radius 1 is 1.47 bits per heavy atom. The van der Waals surface area contributed by atoms with E-state index in [4.69, 9.17) is 4.74 Å². The van der Waals surface area contributed by atoms with Crippen LogP contribution in [0, 0.1) is 0 Å². The van der Waals surface area contributed by atoms with Gasteiger partial charge in [-0.1, -0.05) is 0 Å². The van der Waals surface area contributed by atoms with Gasteiger partial charge in [0.2, 0.25) is 5.91 Å². The fraction of sp³-hybridized carbons (Fsp3) is 0.923. The summed E-state index contributed by atoms with van der Waals surface area (Å²) in [4.78, 5) is 14.0. The van der Waals surface area contributed by atoms with Gasteiger partial charge < -0.3 is 20.3 Å². The molecule has 0 spiro atoms. The third-order valence-electron chi connectivity index (χ3n) is 3.61. The van der Waals surface area contributed by atoms with Gasteiger partial charge in [-0.15, -0.1) is 11.8 Å². The maximum atomic E-state index is 11.8. The van der Waals surface area contributed by atoms with Crippen molar-refractivity contribution in [3.8, 4) is 0 Å². The summed E-state index contributed by atoms with van der Waals surface area (Å²) in [5.74, 6) is 0.716. The lowest BCUT2D eigenvalue weighted by Gasteiger charge is -2.30. The number of piperidine rings is 1. The van der Waals surface area contributed by atoms with Crippen LogP contribution in [0.25, 0.3) is 0 Å². The normalized spacial score (nSPS) is 26.3. The van der Waals surface area contributed by atoms with Crippen LogP contribution in [-0.2, 0) is 9.53 Å². The second-order valence-electron chi connectivity index (χ2n) is 5.32. The number of morpholine rings is 1. The van der Waals surface area contributed by atoms with Crippen molar-refractivity contribution in [1.82, 2.24) is 15.5 Å². The van der Waals surface area contributed by atoms with E-state index >= 15 is 0 Å². The molecule has 2 aliphatic rings. The smallest absolute Gasteiger partial charge is 0.230 e. The van der Waals surface area contributed by atoms with Gasteiger partial charge in [0.05, 0.1) is 18.5 Å². The van der Waals surface area contributed by atoms with E-state index in [0.29, 0.717) is 17.5 Å². The predicted molar refractivity (Wildman–Crippen MR) is 78.6 cm³/mol. The number of carbonyl (C=O) groups is 1. The Hall–Kier alpha value is -0.300. The standard InChI is InChI=1S/C13H25N3O2S/c1-16-6-7-18-11(9-16)8-15-13(17)10-19-12-2-4-14-5-3-12/h11-12,14H,2-10H2,1H3,(H,15,17). The summed E-state index contributed by atoms with van der Waals surface area (Å²) >= 11 is 1.79. The van der Waals surface area contributed by atoms with E-state index in [1.54, 1.807) is 11.8 Å². The highest BCUT2D eigenvalue weighted by molar-refractivity contribution is 8.00. The number of hydrogen-bond donors (Lipinski definition) is 2. The van der Waals surface area contributed by atoms with Crippen molar-refractivity contribution in [3.05, 3.63) is 0 Å². The Balaban J connectivity index is 1.56. The first kappa shape index (κ1) is 15.1. The maximum absolute atomic E-state index is 11.8. The molecule has 1 unspecified atom stereocenters. The number of carbonyl (C=O) groups excluding carboxylic acids is 1. The molecule has 1 atom stereocenters. The highest BCUT2D eigenvalue weighted by atomic mass is 32.2. The van der Waals surface area contributed by atoms with Gasteiger partial charge in [-0.2, -0.15) is 0 Å². The molecule has 0 bridgehead atoms. The van der Waals surface area contributed by atoms with E-state index in [0.717, 1.165) is 32.8 Å². The fourth-order valence-electron chi connectivity index (χ4n) is 2.42. The van der Waals surface area contributed by atoms with Crippen molar-refractivity contribution in [2.45, 2.75) is 24.2 Å². The van der Waals surface area contributed by atoms with Gasteiger partial charge in [-0.3, -0.25) is 4.79 Å². The summed E-state index contributed by atoms with van der Waals surface area (Å²) in [6, 6.07) is 0. The number of hydrogen-bond acceptors (Lipinski definition) is 5. The third kappa shape index (κ3) is 5.69. The van der Waals surface area contributed by atoms with Crippen LogP contribution < -0.4 is 10.6 Å². The topological polar surface area (TPSA) is 53.6 Å². The molecular weight excluding hydrogens is 262 g/mol. The highest BCUT2D eigenvalue weighted by Gasteiger charge is 2.19. The largest absolute Gasteiger partial charge is 0.374 e. The van der Waals surface area contributed by atoms with Crippen LogP contribution >= 0.6 is 11.8 Å². The van der Waals surface area contributed by atoms with Crippen molar-refractivity contribution < 1.29 is 9.53 Å². The Labute approximate surface area is 119 Å². The van der Waals surface area contributed by atoms with Crippen molar-refractivity contribution in [1.29, 1.82) is 0 Å². The van der Waals surface area contributed by atoms with Crippen LogP contribution in [0.2, 0.25) is 0 Å². The molecule has 1 amide bonds. The maximum Gasteiger partial charge on any atom is 0.230 e. The zero-order valence-corrected chi connectivity index (χ0v) is 12.5. The summed E-state index contributed by atoms with van der Waals surface area (Å²) in [5, 5.41) is 6.97. The lowest BCUT2D eigenvalue weighted by Crippen LogP contribution is -2.46. The fourth-order valence-corrected chi connectivity index (χ4v) is 3.48. The molecule has 0 radical (unpaired) electrons. The van der Waals surface area contributed by atoms with Crippen molar-refractivity contribution >= 4 is 17.7 Å². The number of likely N-dealkylation sites (N-methyl/N-ethyl adjacent to an activating group) is 1. The molecule has 0 aromatic carbocycles. The molecule has 110 valence electrons. The second-order valence-corrected chi connectivity index (χ2v) is 6.61. The van der Waals surface area contributed by atoms with Gasteiger partial charge in [0.1, 0.15) is 0 Å². The summed E-state index contributed by atoms with van der Waals surface area (Å²) in [5.41, 5.74) is 0. The van der Waals surface area contributed by atoms with Crippen LogP contribution in [0.1, 0.15) is 12.8 Å². The molecule has 0 saturated carbocycles. The molecule has 2 rings (SSSR count). The van der Waals surface area contributed by atoms with Gasteiger partial charge in [-0.05, 0) is 33.0 Å². The number of nitrogens with zero attached hydrogens (tertiary/aromatic N) is 1. The first-order valence-electron chi connectivity index (χ1n) is 7.13. The van der Waals surface area contributed by atoms with Gasteiger partial charge >= 0.3 is 0 Å². The Kier molecular flexibility index (Phi) is 6.43. The molecular formula is C13H25N3O2S. The lowest BCUT2D eigenvalue weighted by molar-refractivity contribution is -0.119. The van der Waals surface area contributed by atoms with Crippen LogP contribution in [-0.4, -0.2) is 74.3 Å². The summed E-state index contributed by atoms with van der Waals surface area (Å²) in [6.45, 7) is 5.46. The minimum Gasteiger partial charge on any atom is -0.374 e. The quantitative estimate of drug-likeness (QED) is 0.741. The minimum atomic E-state index is 0.139. The zero-order valence-electron chi connectivity index (χ0n) is 11.7. The first-order valence-corrected chi connectivity index (χ1v) is 8.18. The molecule has 19 heavy (non-hydrogen) atoms. The monoisotopic (exact) mass is 287 g/mol. The zero-order chi connectivity index (χ0) is 13.5. The van der Waals surface area contributed by atoms with Crippen LogP contribution in [0.5, 0.6) is 0 Å². The van der Waals surface area contributed by atoms with E-state index in [2.05, 4.69) is 22.6 Å². The minimum absolute atomic E-state index is 0.139. The molecule has 2 saturated heterocycles. The first-order chi connectivity index (χ1) is 9.24. The Morgan fingerprint density at radius 2 is 2.26 bits per heavy atom. The molecule has 2 aliphatic heterocycles. The van der Waals surface area contributed by atoms with Gasteiger partial charge in [-0.25, -0.2) is 0 Å². The van der Waals surface area contributed by atoms with E-state index in [1.165, 1.54) is 12.8 Å². The molecule has 2 heterocycles. The van der Waals surface area contributed by atoms with Crippen LogP contribution in [0.3, 0.4) is 0 Å². The summed E-state index contributed by atoms with van der Waals surface area (Å²) in [6.07, 6.45) is 2.50. The summed E-state index contributed by atoms with van der Waals surface area (Å²) in [7, 11) is 2.09. The summed E-state index contributed by atoms with van der Waals surface area (Å²) < 4.78 is 5.62. The average molecular weight is 287 g/mol. The average Bonchev–Trinajstić information content (AvgIpc) is 2.44. The van der Waals surface area contributed by atoms with Crippen molar-refractivity contribution in [2.24, 2.45) is 0 Å². The van der Waals surface area contributed by atoms with Gasteiger partial charge in [0, 0.05) is 24.9 Å². The van der Waals surface area contributed by atoms with Crippen LogP contribution in [0.15, 0.2) is 0 Å². The predicted octanol–water partition coefficient (Wildman–Crippen LogP) is -0.0816. The van der Waals surface area contributed by atoms with E-state index in [1.807, 2.05) is 0 Å². The molecule has 0 aromatic rings. The molecule has 0 aliphatic carbocycles. The van der Waals surface area contributed by atoms with Gasteiger partial charge in [0.15, 0.2) is 0 Å². The number of amides is 1. The third-order valence-corrected chi connectivity index (χ3v) is 4.98. The highest BCUT2D eigenvalue weighted by Crippen LogP contribution is 2.19. The van der Waals surface area contributed by atoms with Crippen LogP contribution in [0.4, 0.5) is 0 Å². The molecule has 0 aromatic heterocycles. The van der Waals surface area contributed by atoms with Crippen molar-refractivity contribution in [2.75, 3.05) is 52.1 Å². The van der Waals surface area contributed by atoms with Crippen molar-refractivity contribution in [3.63, 3.8) is 0 Å². The van der Waals surface area contributed by atoms with E-state index in [-0.39, 0.29) is 12.0 Å². The molecule has 2 N–H and O–H groups in total. The Morgan fingerprint density at radius 3 is 3.00 bits per heavy atom. The van der Waals surface area contributed by atoms with Gasteiger partial charge in [0.25, 0.3) is 0 Å². The van der Waals surface area contributed by atoms with E-state index < -0.39 is 0 Å². The second kappa shape index (κ2) is 8.09. The SMILES string of the molecule is CN1CCOC(CNC(=O)CSC2CCNCC2)C1. The number of thioether (sulfide) groups is 1. The number of nitrogens with one attached hydrogen (secondary N) is 2. The molecule has 2 fully saturated rings. The lowest BCUT2D eigenvalue weighted by atomic mass is 10.2. The number of rotatable bonds is 5. The van der Waals surface area contributed by atoms with E-state index in [9.17, 15) is 4.79 Å². The Bertz CT molecular complexity index is 285. The number of ether oxygens (including phenoxy) is 1.